The van der Waals surface area contributed by atoms with Crippen molar-refractivity contribution in [2.75, 3.05) is 13.7 Å². The molecule has 1 aromatic carbocycles. The zero-order valence-electron chi connectivity index (χ0n) is 16.8. The summed E-state index contributed by atoms with van der Waals surface area (Å²) in [6, 6.07) is 12.8. The summed E-state index contributed by atoms with van der Waals surface area (Å²) in [5.41, 5.74) is 2.13. The van der Waals surface area contributed by atoms with Gasteiger partial charge in [0.1, 0.15) is 5.82 Å². The topological polar surface area (TPSA) is 91.0 Å². The van der Waals surface area contributed by atoms with Crippen molar-refractivity contribution in [1.82, 2.24) is 24.4 Å². The number of hydrogen-bond acceptors (Lipinski definition) is 5. The number of amides is 1. The van der Waals surface area contributed by atoms with Crippen molar-refractivity contribution in [2.45, 2.75) is 13.1 Å². The molecule has 0 saturated carbocycles. The smallest absolute Gasteiger partial charge is 0.330 e. The van der Waals surface area contributed by atoms with E-state index < -0.39 is 0 Å². The zero-order chi connectivity index (χ0) is 21.8. The van der Waals surface area contributed by atoms with Crippen LogP contribution in [0.5, 0.6) is 5.88 Å². The van der Waals surface area contributed by atoms with Crippen molar-refractivity contribution < 1.29 is 13.9 Å². The van der Waals surface area contributed by atoms with E-state index >= 15 is 0 Å². The Morgan fingerprint density at radius 3 is 2.61 bits per heavy atom. The van der Waals surface area contributed by atoms with E-state index in [1.807, 2.05) is 6.07 Å². The number of fused-ring (bicyclic) bond motifs is 1. The lowest BCUT2D eigenvalue weighted by Crippen LogP contribution is -2.32. The molecule has 0 aliphatic rings. The van der Waals surface area contributed by atoms with Gasteiger partial charge in [-0.2, -0.15) is 0 Å². The third kappa shape index (κ3) is 4.30. The van der Waals surface area contributed by atoms with Crippen LogP contribution < -0.4 is 15.7 Å². The largest absolute Gasteiger partial charge is 0.481 e. The number of halogens is 1. The number of methoxy groups -OCH3 is 1. The van der Waals surface area contributed by atoms with Gasteiger partial charge in [-0.1, -0.05) is 12.1 Å². The summed E-state index contributed by atoms with van der Waals surface area (Å²) in [5.74, 6) is -0.211. The second kappa shape index (κ2) is 8.78. The molecule has 4 aromatic rings. The average Bonchev–Trinajstić information content (AvgIpc) is 3.06. The molecule has 0 aliphatic heterocycles. The molecule has 0 aliphatic carbocycles. The van der Waals surface area contributed by atoms with Crippen LogP contribution >= 0.6 is 0 Å². The maximum absolute atomic E-state index is 13.2. The van der Waals surface area contributed by atoms with Crippen molar-refractivity contribution in [3.63, 3.8) is 0 Å². The Labute approximate surface area is 176 Å². The van der Waals surface area contributed by atoms with Gasteiger partial charge in [-0.25, -0.2) is 19.2 Å². The molecule has 1 N–H and O–H groups in total. The van der Waals surface area contributed by atoms with Crippen LogP contribution in [0.2, 0.25) is 0 Å². The highest BCUT2D eigenvalue weighted by molar-refractivity contribution is 5.93. The molecule has 0 fully saturated rings. The van der Waals surface area contributed by atoms with E-state index in [4.69, 9.17) is 4.74 Å². The van der Waals surface area contributed by atoms with E-state index in [0.29, 0.717) is 22.6 Å². The lowest BCUT2D eigenvalue weighted by molar-refractivity contribution is 0.0952. The summed E-state index contributed by atoms with van der Waals surface area (Å²) in [4.78, 5) is 33.7. The molecule has 31 heavy (non-hydrogen) atoms. The standard InChI is InChI=1S/C22H20FN5O3/c1-31-19-9-6-16(13-26-19)21(29)25-11-12-27-20-18(3-2-10-24-20)28(22(27)30)14-15-4-7-17(23)8-5-15/h2-10,13H,11-12,14H2,1H3,(H,25,29). The molecule has 0 saturated heterocycles. The lowest BCUT2D eigenvalue weighted by atomic mass is 10.2. The molecule has 4 rings (SSSR count). The molecule has 8 nitrogen and oxygen atoms in total. The average molecular weight is 421 g/mol. The second-order valence-electron chi connectivity index (χ2n) is 6.84. The van der Waals surface area contributed by atoms with Gasteiger partial charge in [0, 0.05) is 31.5 Å². The minimum atomic E-state index is -0.331. The number of carbonyl (C=O) groups excluding carboxylic acids is 1. The molecule has 0 spiro atoms. The van der Waals surface area contributed by atoms with Crippen LogP contribution in [0.4, 0.5) is 4.39 Å². The van der Waals surface area contributed by atoms with Gasteiger partial charge in [-0.15, -0.1) is 0 Å². The van der Waals surface area contributed by atoms with Crippen LogP contribution in [-0.2, 0) is 13.1 Å². The normalized spacial score (nSPS) is 10.9. The van der Waals surface area contributed by atoms with Crippen LogP contribution in [-0.4, -0.2) is 38.7 Å². The molecule has 0 radical (unpaired) electrons. The number of imidazole rings is 1. The number of hydrogen-bond donors (Lipinski definition) is 1. The quantitative estimate of drug-likeness (QED) is 0.494. The minimum absolute atomic E-state index is 0.233. The Morgan fingerprint density at radius 2 is 1.90 bits per heavy atom. The zero-order valence-corrected chi connectivity index (χ0v) is 16.8. The van der Waals surface area contributed by atoms with Crippen molar-refractivity contribution in [3.8, 4) is 5.88 Å². The molecule has 3 heterocycles. The molecule has 158 valence electrons. The molecule has 3 aromatic heterocycles. The highest BCUT2D eigenvalue weighted by Crippen LogP contribution is 2.13. The van der Waals surface area contributed by atoms with Crippen molar-refractivity contribution >= 4 is 17.1 Å². The maximum Gasteiger partial charge on any atom is 0.330 e. The number of nitrogens with zero attached hydrogens (tertiary/aromatic N) is 4. The Kier molecular flexibility index (Phi) is 5.74. The number of ether oxygens (including phenoxy) is 1. The summed E-state index contributed by atoms with van der Waals surface area (Å²) in [6.45, 7) is 0.771. The van der Waals surface area contributed by atoms with Gasteiger partial charge in [0.25, 0.3) is 5.91 Å². The first-order valence-corrected chi connectivity index (χ1v) is 9.63. The first-order valence-electron chi connectivity index (χ1n) is 9.63. The number of benzene rings is 1. The number of aromatic nitrogens is 4. The Balaban J connectivity index is 1.52. The van der Waals surface area contributed by atoms with Crippen LogP contribution in [0.3, 0.4) is 0 Å². The molecule has 0 unspecified atom stereocenters. The summed E-state index contributed by atoms with van der Waals surface area (Å²) in [6.07, 6.45) is 3.04. The molecular weight excluding hydrogens is 401 g/mol. The third-order valence-corrected chi connectivity index (χ3v) is 4.86. The lowest BCUT2D eigenvalue weighted by Gasteiger charge is -2.06. The fraction of sp³-hybridized carbons (Fsp3) is 0.182. The van der Waals surface area contributed by atoms with E-state index in [9.17, 15) is 14.0 Å². The van der Waals surface area contributed by atoms with Crippen LogP contribution in [0, 0.1) is 5.82 Å². The van der Waals surface area contributed by atoms with Crippen LogP contribution in [0.15, 0.2) is 65.7 Å². The highest BCUT2D eigenvalue weighted by atomic mass is 19.1. The van der Waals surface area contributed by atoms with Gasteiger partial charge in [0.05, 0.1) is 24.7 Å². The maximum atomic E-state index is 13.2. The predicted molar refractivity (Wildman–Crippen MR) is 113 cm³/mol. The van der Waals surface area contributed by atoms with Crippen molar-refractivity contribution in [2.24, 2.45) is 0 Å². The van der Waals surface area contributed by atoms with Crippen molar-refractivity contribution in [3.05, 3.63) is 88.4 Å². The highest BCUT2D eigenvalue weighted by Gasteiger charge is 2.15. The van der Waals surface area contributed by atoms with Gasteiger partial charge in [0.15, 0.2) is 5.65 Å². The second-order valence-corrected chi connectivity index (χ2v) is 6.84. The molecule has 0 atom stereocenters. The van der Waals surface area contributed by atoms with E-state index in [-0.39, 0.29) is 37.0 Å². The van der Waals surface area contributed by atoms with Crippen LogP contribution in [0.25, 0.3) is 11.2 Å². The SMILES string of the molecule is COc1ccc(C(=O)NCCn2c(=O)n(Cc3ccc(F)cc3)c3cccnc32)cn1. The first-order chi connectivity index (χ1) is 15.1. The number of pyridine rings is 2. The summed E-state index contributed by atoms with van der Waals surface area (Å²) in [7, 11) is 1.50. The minimum Gasteiger partial charge on any atom is -0.481 e. The molecule has 0 bridgehead atoms. The Hall–Kier alpha value is -4.01. The molecule has 9 heteroatoms. The van der Waals surface area contributed by atoms with Gasteiger partial charge in [-0.3, -0.25) is 13.9 Å². The van der Waals surface area contributed by atoms with Crippen LogP contribution in [0.1, 0.15) is 15.9 Å². The summed E-state index contributed by atoms with van der Waals surface area (Å²) >= 11 is 0. The molecule has 1 amide bonds. The van der Waals surface area contributed by atoms with Gasteiger partial charge in [0.2, 0.25) is 5.88 Å². The van der Waals surface area contributed by atoms with Gasteiger partial charge < -0.3 is 10.1 Å². The number of nitrogens with one attached hydrogen (secondary N) is 1. The third-order valence-electron chi connectivity index (χ3n) is 4.86. The number of rotatable bonds is 7. The summed E-state index contributed by atoms with van der Waals surface area (Å²) < 4.78 is 21.3. The Morgan fingerprint density at radius 1 is 1.10 bits per heavy atom. The first kappa shape index (κ1) is 20.3. The van der Waals surface area contributed by atoms with E-state index in [0.717, 1.165) is 5.56 Å². The van der Waals surface area contributed by atoms with E-state index in [1.165, 1.54) is 30.0 Å². The predicted octanol–water partition coefficient (Wildman–Crippen LogP) is 2.22. The fourth-order valence-electron chi connectivity index (χ4n) is 3.29. The van der Waals surface area contributed by atoms with E-state index in [2.05, 4.69) is 15.3 Å². The molecular formula is C22H20FN5O3. The Bertz CT molecular complexity index is 1260. The van der Waals surface area contributed by atoms with Gasteiger partial charge in [-0.05, 0) is 35.9 Å². The van der Waals surface area contributed by atoms with Gasteiger partial charge >= 0.3 is 5.69 Å². The monoisotopic (exact) mass is 421 g/mol. The van der Waals surface area contributed by atoms with Crippen molar-refractivity contribution in [1.29, 1.82) is 0 Å². The summed E-state index contributed by atoms with van der Waals surface area (Å²) in [5, 5.41) is 2.78. The number of carbonyl (C=O) groups is 1. The van der Waals surface area contributed by atoms with E-state index in [1.54, 1.807) is 41.1 Å². The fourth-order valence-corrected chi connectivity index (χ4v) is 3.29.